The van der Waals surface area contributed by atoms with Gasteiger partial charge in [0, 0.05) is 12.4 Å². The monoisotopic (exact) mass is 399 g/mol. The fourth-order valence-corrected chi connectivity index (χ4v) is 2.97. The topological polar surface area (TPSA) is 116 Å². The van der Waals surface area contributed by atoms with Crippen LogP contribution >= 0.6 is 0 Å². The van der Waals surface area contributed by atoms with Crippen LogP contribution in [0.1, 0.15) is 5.82 Å². The molecule has 13 heteroatoms. The van der Waals surface area contributed by atoms with Crippen molar-refractivity contribution in [2.45, 2.75) is 24.5 Å². The maximum Gasteiger partial charge on any atom is 0.408 e. The van der Waals surface area contributed by atoms with Crippen LogP contribution in [-0.2, 0) is 16.6 Å². The molecule has 0 unspecified atom stereocenters. The van der Waals surface area contributed by atoms with Crippen LogP contribution in [-0.4, -0.2) is 44.3 Å². The number of pyridine rings is 1. The van der Waals surface area contributed by atoms with Crippen LogP contribution in [0.3, 0.4) is 0 Å². The molecule has 9 nitrogen and oxygen atoms in total. The first-order valence-electron chi connectivity index (χ1n) is 7.38. The summed E-state index contributed by atoms with van der Waals surface area (Å²) in [4.78, 5) is 15.6. The fourth-order valence-electron chi connectivity index (χ4n) is 2.07. The number of hydrogen-bond acceptors (Lipinski definition) is 7. The lowest BCUT2D eigenvalue weighted by atomic mass is 10.3. The number of halogens is 3. The lowest BCUT2D eigenvalue weighted by Crippen LogP contribution is -2.18. The largest absolute Gasteiger partial charge is 0.408 e. The Morgan fingerprint density at radius 2 is 1.96 bits per heavy atom. The van der Waals surface area contributed by atoms with E-state index < -0.39 is 27.6 Å². The van der Waals surface area contributed by atoms with Gasteiger partial charge in [-0.1, -0.05) is 6.07 Å². The summed E-state index contributed by atoms with van der Waals surface area (Å²) in [5, 5.41) is 3.41. The molecule has 0 aliphatic carbocycles. The summed E-state index contributed by atoms with van der Waals surface area (Å²) in [5.74, 6) is 0.0939. The smallest absolute Gasteiger partial charge is 0.262 e. The Hall–Kier alpha value is -3.09. The number of alkyl halides is 3. The minimum absolute atomic E-state index is 0.147. The highest BCUT2D eigenvalue weighted by atomic mass is 32.2. The van der Waals surface area contributed by atoms with Gasteiger partial charge in [-0.2, -0.15) is 28.2 Å². The minimum atomic E-state index is -4.52. The predicted molar refractivity (Wildman–Crippen MR) is 86.9 cm³/mol. The Balaban J connectivity index is 1.87. The van der Waals surface area contributed by atoms with E-state index >= 15 is 0 Å². The Labute approximate surface area is 151 Å². The van der Waals surface area contributed by atoms with Crippen LogP contribution in [0.15, 0.2) is 41.7 Å². The highest BCUT2D eigenvalue weighted by Gasteiger charge is 2.29. The minimum Gasteiger partial charge on any atom is -0.262 e. The van der Waals surface area contributed by atoms with Gasteiger partial charge in [-0.15, -0.1) is 0 Å². The quantitative estimate of drug-likeness (QED) is 0.695. The summed E-state index contributed by atoms with van der Waals surface area (Å²) in [6.07, 6.45) is -1.43. The van der Waals surface area contributed by atoms with E-state index in [1.54, 1.807) is 18.2 Å². The van der Waals surface area contributed by atoms with Crippen LogP contribution in [0.5, 0.6) is 0 Å². The van der Waals surface area contributed by atoms with Gasteiger partial charge in [0.25, 0.3) is 10.0 Å². The molecular formula is C14H12F3N7O2S. The number of rotatable bonds is 5. The Kier molecular flexibility index (Phi) is 4.78. The SMILES string of the molecule is Cc1nc(NS(=O)(=O)c2cnn(CC(F)(F)F)c2)nc(-c2ccccn2)n1. The summed E-state index contributed by atoms with van der Waals surface area (Å²) < 4.78 is 64.5. The van der Waals surface area contributed by atoms with Crippen molar-refractivity contribution in [1.82, 2.24) is 29.7 Å². The zero-order valence-corrected chi connectivity index (χ0v) is 14.5. The molecule has 3 aromatic rings. The van der Waals surface area contributed by atoms with E-state index in [-0.39, 0.29) is 17.6 Å². The maximum atomic E-state index is 12.4. The van der Waals surface area contributed by atoms with Crippen molar-refractivity contribution in [2.75, 3.05) is 4.72 Å². The van der Waals surface area contributed by atoms with E-state index in [9.17, 15) is 21.6 Å². The molecule has 0 aliphatic rings. The molecule has 3 aromatic heterocycles. The maximum absolute atomic E-state index is 12.4. The third-order valence-corrected chi connectivity index (χ3v) is 4.41. The van der Waals surface area contributed by atoms with Gasteiger partial charge >= 0.3 is 6.18 Å². The number of aromatic nitrogens is 6. The zero-order chi connectivity index (χ0) is 19.7. The summed E-state index contributed by atoms with van der Waals surface area (Å²) in [5.41, 5.74) is 0.404. The molecule has 0 aromatic carbocycles. The third kappa shape index (κ3) is 4.75. The molecule has 142 valence electrons. The summed E-state index contributed by atoms with van der Waals surface area (Å²) in [6.45, 7) is 0.129. The van der Waals surface area contributed by atoms with E-state index in [2.05, 4.69) is 29.8 Å². The van der Waals surface area contributed by atoms with Crippen LogP contribution in [0, 0.1) is 6.92 Å². The van der Waals surface area contributed by atoms with Crippen LogP contribution in [0.4, 0.5) is 19.1 Å². The van der Waals surface area contributed by atoms with Crippen LogP contribution in [0.25, 0.3) is 11.5 Å². The molecule has 3 rings (SSSR count). The molecule has 0 amide bonds. The third-order valence-electron chi connectivity index (χ3n) is 3.13. The van der Waals surface area contributed by atoms with E-state index in [1.807, 2.05) is 0 Å². The molecule has 0 saturated heterocycles. The van der Waals surface area contributed by atoms with E-state index in [0.29, 0.717) is 10.4 Å². The first-order chi connectivity index (χ1) is 12.6. The summed E-state index contributed by atoms with van der Waals surface area (Å²) in [7, 11) is -4.24. The summed E-state index contributed by atoms with van der Waals surface area (Å²) in [6, 6.07) is 5.04. The molecule has 0 aliphatic heterocycles. The van der Waals surface area contributed by atoms with Crippen molar-refractivity contribution in [3.8, 4) is 11.5 Å². The second kappa shape index (κ2) is 6.90. The average molecular weight is 399 g/mol. The predicted octanol–water partition coefficient (Wildman–Crippen LogP) is 1.80. The van der Waals surface area contributed by atoms with Gasteiger partial charge < -0.3 is 0 Å². The molecule has 1 N–H and O–H groups in total. The lowest BCUT2D eigenvalue weighted by Gasteiger charge is -2.07. The normalized spacial score (nSPS) is 12.1. The van der Waals surface area contributed by atoms with Gasteiger partial charge in [0.15, 0.2) is 5.82 Å². The molecule has 0 radical (unpaired) electrons. The number of nitrogens with zero attached hydrogens (tertiary/aromatic N) is 6. The van der Waals surface area contributed by atoms with E-state index in [4.69, 9.17) is 0 Å². The number of nitrogens with one attached hydrogen (secondary N) is 1. The highest BCUT2D eigenvalue weighted by molar-refractivity contribution is 7.92. The summed E-state index contributed by atoms with van der Waals surface area (Å²) >= 11 is 0. The fraction of sp³-hybridized carbons (Fsp3) is 0.214. The second-order valence-corrected chi connectivity index (χ2v) is 7.02. The molecule has 27 heavy (non-hydrogen) atoms. The molecule has 3 heterocycles. The van der Waals surface area contributed by atoms with Gasteiger partial charge in [0.05, 0.1) is 6.20 Å². The van der Waals surface area contributed by atoms with Gasteiger partial charge in [0.2, 0.25) is 5.95 Å². The Morgan fingerprint density at radius 3 is 2.63 bits per heavy atom. The van der Waals surface area contributed by atoms with Crippen molar-refractivity contribution in [1.29, 1.82) is 0 Å². The van der Waals surface area contributed by atoms with Gasteiger partial charge in [0.1, 0.15) is 23.0 Å². The van der Waals surface area contributed by atoms with Crippen LogP contribution in [0.2, 0.25) is 0 Å². The van der Waals surface area contributed by atoms with E-state index in [1.165, 1.54) is 13.1 Å². The Bertz CT molecular complexity index is 1050. The first kappa shape index (κ1) is 18.7. The first-order valence-corrected chi connectivity index (χ1v) is 8.87. The molecule has 0 atom stereocenters. The standard InChI is InChI=1S/C14H12F3N7O2S/c1-9-20-12(11-4-2-3-5-18-11)22-13(21-9)23-27(25,26)10-6-19-24(7-10)8-14(15,16)17/h2-7H,8H2,1H3,(H,20,21,22,23). The average Bonchev–Trinajstić information content (AvgIpc) is 3.02. The molecule has 0 spiro atoms. The molecule has 0 fully saturated rings. The number of anilines is 1. The van der Waals surface area contributed by atoms with Crippen molar-refractivity contribution in [3.63, 3.8) is 0 Å². The molecular weight excluding hydrogens is 387 g/mol. The molecule has 0 bridgehead atoms. The van der Waals surface area contributed by atoms with E-state index in [0.717, 1.165) is 12.4 Å². The number of sulfonamides is 1. The van der Waals surface area contributed by atoms with Crippen molar-refractivity contribution < 1.29 is 21.6 Å². The van der Waals surface area contributed by atoms with Gasteiger partial charge in [-0.3, -0.25) is 9.67 Å². The Morgan fingerprint density at radius 1 is 1.19 bits per heavy atom. The molecule has 0 saturated carbocycles. The second-order valence-electron chi connectivity index (χ2n) is 5.34. The van der Waals surface area contributed by atoms with Gasteiger partial charge in [-0.25, -0.2) is 18.1 Å². The van der Waals surface area contributed by atoms with Crippen molar-refractivity contribution in [3.05, 3.63) is 42.6 Å². The highest BCUT2D eigenvalue weighted by Crippen LogP contribution is 2.19. The number of aryl methyl sites for hydroxylation is 1. The van der Waals surface area contributed by atoms with Gasteiger partial charge in [-0.05, 0) is 19.1 Å². The zero-order valence-electron chi connectivity index (χ0n) is 13.7. The van der Waals surface area contributed by atoms with Crippen molar-refractivity contribution >= 4 is 16.0 Å². The van der Waals surface area contributed by atoms with Crippen LogP contribution < -0.4 is 4.72 Å². The van der Waals surface area contributed by atoms with Crippen molar-refractivity contribution in [2.24, 2.45) is 0 Å². The number of hydrogen-bond donors (Lipinski definition) is 1. The lowest BCUT2D eigenvalue weighted by molar-refractivity contribution is -0.142.